The van der Waals surface area contributed by atoms with E-state index >= 15 is 0 Å². The number of halogens is 2. The highest BCUT2D eigenvalue weighted by Gasteiger charge is 2.47. The van der Waals surface area contributed by atoms with Crippen molar-refractivity contribution in [2.24, 2.45) is 5.41 Å². The van der Waals surface area contributed by atoms with Crippen molar-refractivity contribution < 1.29 is 9.18 Å². The Morgan fingerprint density at radius 2 is 1.83 bits per heavy atom. The lowest BCUT2D eigenvalue weighted by Crippen LogP contribution is -2.60. The lowest BCUT2D eigenvalue weighted by atomic mass is 9.64. The van der Waals surface area contributed by atoms with E-state index in [0.29, 0.717) is 10.9 Å². The number of aromatic nitrogens is 1. The summed E-state index contributed by atoms with van der Waals surface area (Å²) in [6.45, 7) is 1.59. The van der Waals surface area contributed by atoms with Crippen LogP contribution in [-0.4, -0.2) is 29.0 Å². The molecule has 4 nitrogen and oxygen atoms in total. The Balaban J connectivity index is 1.21. The summed E-state index contributed by atoms with van der Waals surface area (Å²) in [4.78, 5) is 18.8. The molecule has 0 unspecified atom stereocenters. The highest BCUT2D eigenvalue weighted by atomic mass is 35.5. The fourth-order valence-corrected chi connectivity index (χ4v) is 5.12. The van der Waals surface area contributed by atoms with Gasteiger partial charge in [-0.2, -0.15) is 0 Å². The van der Waals surface area contributed by atoms with Gasteiger partial charge in [-0.25, -0.2) is 9.18 Å². The van der Waals surface area contributed by atoms with E-state index in [2.05, 4.69) is 10.3 Å². The molecule has 6 heteroatoms. The third-order valence-electron chi connectivity index (χ3n) is 6.66. The summed E-state index contributed by atoms with van der Waals surface area (Å²) in [5.74, 6) is 0.199. The van der Waals surface area contributed by atoms with Crippen molar-refractivity contribution in [1.82, 2.24) is 9.88 Å². The van der Waals surface area contributed by atoms with E-state index in [0.717, 1.165) is 55.4 Å². The van der Waals surface area contributed by atoms with Crippen LogP contribution in [0.25, 0.3) is 10.9 Å². The molecule has 2 aromatic carbocycles. The van der Waals surface area contributed by atoms with Crippen LogP contribution in [-0.2, 0) is 0 Å². The molecule has 30 heavy (non-hydrogen) atoms. The van der Waals surface area contributed by atoms with Gasteiger partial charge in [0, 0.05) is 40.8 Å². The van der Waals surface area contributed by atoms with Gasteiger partial charge in [0.25, 0.3) is 0 Å². The molecule has 1 spiro atoms. The number of anilines is 1. The molecule has 2 aliphatic rings. The molecule has 1 aliphatic carbocycles. The zero-order valence-corrected chi connectivity index (χ0v) is 17.3. The van der Waals surface area contributed by atoms with Gasteiger partial charge in [0.05, 0.1) is 5.52 Å². The number of hydrogen-bond donors (Lipinski definition) is 1. The molecule has 3 aromatic rings. The molecule has 0 atom stereocenters. The molecule has 5 rings (SSSR count). The first-order valence-corrected chi connectivity index (χ1v) is 10.7. The Kier molecular flexibility index (Phi) is 4.86. The van der Waals surface area contributed by atoms with Crippen LogP contribution >= 0.6 is 11.6 Å². The molecule has 1 aromatic heterocycles. The van der Waals surface area contributed by atoms with Crippen LogP contribution in [0.5, 0.6) is 0 Å². The van der Waals surface area contributed by atoms with Gasteiger partial charge in [0.15, 0.2) is 0 Å². The Hall–Kier alpha value is -2.66. The molecule has 1 aliphatic heterocycles. The predicted octanol–water partition coefficient (Wildman–Crippen LogP) is 6.22. The first-order chi connectivity index (χ1) is 14.5. The maximum atomic E-state index is 13.8. The molecule has 154 valence electrons. The second-order valence-electron chi connectivity index (χ2n) is 8.63. The molecule has 2 fully saturated rings. The topological polar surface area (TPSA) is 45.2 Å². The quantitative estimate of drug-likeness (QED) is 0.531. The standard InChI is InChI=1S/C24H23ClFN3O/c25-17-1-4-19(5-2-17)28-23(30)29-14-24(15-29)10-7-16(8-11-24)20-9-12-27-22-6-3-18(26)13-21(20)22/h1-6,9,12-13,16H,7-8,10-11,14-15H2,(H,28,30). The van der Waals surface area contributed by atoms with Crippen molar-refractivity contribution in [3.05, 3.63) is 71.1 Å². The van der Waals surface area contributed by atoms with Crippen LogP contribution in [0, 0.1) is 11.2 Å². The van der Waals surface area contributed by atoms with Crippen LogP contribution in [0.4, 0.5) is 14.9 Å². The third kappa shape index (κ3) is 3.63. The lowest BCUT2D eigenvalue weighted by Gasteiger charge is -2.53. The normalized spacial score (nSPS) is 18.4. The molecule has 0 radical (unpaired) electrons. The van der Waals surface area contributed by atoms with E-state index in [9.17, 15) is 9.18 Å². The summed E-state index contributed by atoms with van der Waals surface area (Å²) in [5, 5.41) is 4.52. The molecule has 0 bridgehead atoms. The number of carbonyl (C=O) groups is 1. The van der Waals surface area contributed by atoms with Gasteiger partial charge in [0.1, 0.15) is 5.82 Å². The average molecular weight is 424 g/mol. The molecule has 1 saturated carbocycles. The molecule has 2 amide bonds. The Morgan fingerprint density at radius 3 is 2.57 bits per heavy atom. The Morgan fingerprint density at radius 1 is 1.10 bits per heavy atom. The minimum absolute atomic E-state index is 0.0549. The summed E-state index contributed by atoms with van der Waals surface area (Å²) in [5.41, 5.74) is 3.03. The minimum atomic E-state index is -0.217. The highest BCUT2D eigenvalue weighted by Crippen LogP contribution is 2.49. The van der Waals surface area contributed by atoms with E-state index in [-0.39, 0.29) is 17.3 Å². The maximum Gasteiger partial charge on any atom is 0.321 e. The number of amides is 2. The summed E-state index contributed by atoms with van der Waals surface area (Å²) < 4.78 is 13.8. The van der Waals surface area contributed by atoms with Gasteiger partial charge < -0.3 is 10.2 Å². The summed E-state index contributed by atoms with van der Waals surface area (Å²) in [6, 6.07) is 14.0. The number of fused-ring (bicyclic) bond motifs is 1. The largest absolute Gasteiger partial charge is 0.323 e. The lowest BCUT2D eigenvalue weighted by molar-refractivity contribution is 0.000763. The van der Waals surface area contributed by atoms with Gasteiger partial charge in [-0.15, -0.1) is 0 Å². The fourth-order valence-electron chi connectivity index (χ4n) is 5.00. The highest BCUT2D eigenvalue weighted by molar-refractivity contribution is 6.30. The second kappa shape index (κ2) is 7.55. The fraction of sp³-hybridized carbons (Fsp3) is 0.333. The van der Waals surface area contributed by atoms with Crippen molar-refractivity contribution >= 4 is 34.2 Å². The first kappa shape index (κ1) is 19.3. The predicted molar refractivity (Wildman–Crippen MR) is 117 cm³/mol. The SMILES string of the molecule is O=C(Nc1ccc(Cl)cc1)N1CC2(CCC(c3ccnc4ccc(F)cc34)CC2)C1. The maximum absolute atomic E-state index is 13.8. The van der Waals surface area contributed by atoms with E-state index in [1.54, 1.807) is 24.3 Å². The van der Waals surface area contributed by atoms with Gasteiger partial charge in [-0.1, -0.05) is 11.6 Å². The van der Waals surface area contributed by atoms with E-state index in [1.165, 1.54) is 11.6 Å². The van der Waals surface area contributed by atoms with Crippen LogP contribution < -0.4 is 5.32 Å². The van der Waals surface area contributed by atoms with Crippen LogP contribution in [0.2, 0.25) is 5.02 Å². The summed E-state index contributed by atoms with van der Waals surface area (Å²) in [6.07, 6.45) is 6.11. The Labute approximate surface area is 180 Å². The zero-order chi connectivity index (χ0) is 20.7. The molecular formula is C24H23ClFN3O. The first-order valence-electron chi connectivity index (χ1n) is 10.4. The molecule has 1 saturated heterocycles. The number of carbonyl (C=O) groups excluding carboxylic acids is 1. The van der Waals surface area contributed by atoms with Gasteiger partial charge >= 0.3 is 6.03 Å². The van der Waals surface area contributed by atoms with E-state index in [1.807, 2.05) is 29.3 Å². The van der Waals surface area contributed by atoms with Crippen molar-refractivity contribution in [2.45, 2.75) is 31.6 Å². The van der Waals surface area contributed by atoms with Crippen molar-refractivity contribution in [1.29, 1.82) is 0 Å². The van der Waals surface area contributed by atoms with Gasteiger partial charge in [-0.05, 0) is 85.7 Å². The van der Waals surface area contributed by atoms with Crippen molar-refractivity contribution in [3.63, 3.8) is 0 Å². The summed E-state index contributed by atoms with van der Waals surface area (Å²) in [7, 11) is 0. The molecular weight excluding hydrogens is 401 g/mol. The molecule has 1 N–H and O–H groups in total. The third-order valence-corrected chi connectivity index (χ3v) is 6.91. The number of likely N-dealkylation sites (tertiary alicyclic amines) is 1. The number of pyridine rings is 1. The second-order valence-corrected chi connectivity index (χ2v) is 9.07. The zero-order valence-electron chi connectivity index (χ0n) is 16.6. The van der Waals surface area contributed by atoms with Crippen LogP contribution in [0.3, 0.4) is 0 Å². The van der Waals surface area contributed by atoms with E-state index in [4.69, 9.17) is 11.6 Å². The van der Waals surface area contributed by atoms with Gasteiger partial charge in [-0.3, -0.25) is 4.98 Å². The summed E-state index contributed by atoms with van der Waals surface area (Å²) >= 11 is 5.90. The number of hydrogen-bond acceptors (Lipinski definition) is 2. The van der Waals surface area contributed by atoms with E-state index < -0.39 is 0 Å². The monoisotopic (exact) mass is 423 g/mol. The number of rotatable bonds is 2. The Bertz CT molecular complexity index is 1090. The smallest absolute Gasteiger partial charge is 0.321 e. The number of nitrogens with zero attached hydrogens (tertiary/aromatic N) is 2. The van der Waals surface area contributed by atoms with Crippen LogP contribution in [0.1, 0.15) is 37.2 Å². The number of urea groups is 1. The molecule has 2 heterocycles. The van der Waals surface area contributed by atoms with Gasteiger partial charge in [0.2, 0.25) is 0 Å². The minimum Gasteiger partial charge on any atom is -0.323 e. The average Bonchev–Trinajstić information content (AvgIpc) is 2.73. The number of benzene rings is 2. The van der Waals surface area contributed by atoms with Crippen molar-refractivity contribution in [2.75, 3.05) is 18.4 Å². The van der Waals surface area contributed by atoms with Crippen molar-refractivity contribution in [3.8, 4) is 0 Å². The number of nitrogens with one attached hydrogen (secondary N) is 1. The van der Waals surface area contributed by atoms with Crippen LogP contribution in [0.15, 0.2) is 54.7 Å².